The van der Waals surface area contributed by atoms with Gasteiger partial charge in [-0.25, -0.2) is 4.79 Å². The molecule has 3 nitrogen and oxygen atoms in total. The zero-order chi connectivity index (χ0) is 16.2. The highest BCUT2D eigenvalue weighted by atomic mass is 16.4. The molecule has 1 heterocycles. The molecule has 1 unspecified atom stereocenters. The zero-order valence-corrected chi connectivity index (χ0v) is 13.5. The van der Waals surface area contributed by atoms with E-state index in [1.807, 2.05) is 30.3 Å². The summed E-state index contributed by atoms with van der Waals surface area (Å²) < 4.78 is 0. The Kier molecular flexibility index (Phi) is 4.77. The van der Waals surface area contributed by atoms with Crippen molar-refractivity contribution in [3.8, 4) is 11.1 Å². The molecular weight excluding hydrogens is 286 g/mol. The highest BCUT2D eigenvalue weighted by molar-refractivity contribution is 5.89. The van der Waals surface area contributed by atoms with E-state index in [1.165, 1.54) is 12.8 Å². The maximum atomic E-state index is 11.3. The number of carboxylic acids is 1. The summed E-state index contributed by atoms with van der Waals surface area (Å²) in [4.78, 5) is 13.8. The first-order valence-electron chi connectivity index (χ1n) is 8.27. The molecule has 1 fully saturated rings. The lowest BCUT2D eigenvalue weighted by Crippen LogP contribution is -2.33. The van der Waals surface area contributed by atoms with Crippen molar-refractivity contribution in [3.63, 3.8) is 0 Å². The van der Waals surface area contributed by atoms with Crippen LogP contribution in [-0.4, -0.2) is 29.1 Å². The van der Waals surface area contributed by atoms with Gasteiger partial charge in [0.15, 0.2) is 0 Å². The van der Waals surface area contributed by atoms with Gasteiger partial charge in [-0.2, -0.15) is 0 Å². The molecular formula is C20H23NO2. The van der Waals surface area contributed by atoms with Gasteiger partial charge in [-0.05, 0) is 54.1 Å². The molecule has 0 amide bonds. The van der Waals surface area contributed by atoms with Gasteiger partial charge in [0, 0.05) is 13.1 Å². The molecule has 2 aromatic rings. The van der Waals surface area contributed by atoms with Gasteiger partial charge >= 0.3 is 5.97 Å². The summed E-state index contributed by atoms with van der Waals surface area (Å²) in [7, 11) is 0. The van der Waals surface area contributed by atoms with Crippen molar-refractivity contribution in [2.45, 2.75) is 26.3 Å². The number of rotatable bonds is 4. The van der Waals surface area contributed by atoms with Crippen LogP contribution in [0.2, 0.25) is 0 Å². The van der Waals surface area contributed by atoms with E-state index < -0.39 is 5.97 Å². The molecule has 0 radical (unpaired) electrons. The van der Waals surface area contributed by atoms with E-state index in [2.05, 4.69) is 24.0 Å². The van der Waals surface area contributed by atoms with Crippen LogP contribution >= 0.6 is 0 Å². The Labute approximate surface area is 137 Å². The number of carboxylic acid groups (broad SMARTS) is 1. The average Bonchev–Trinajstić information content (AvgIpc) is 2.55. The summed E-state index contributed by atoms with van der Waals surface area (Å²) in [6, 6.07) is 15.7. The molecule has 3 rings (SSSR count). The van der Waals surface area contributed by atoms with Crippen LogP contribution in [-0.2, 0) is 6.54 Å². The minimum Gasteiger partial charge on any atom is -0.478 e. The summed E-state index contributed by atoms with van der Waals surface area (Å²) in [5.41, 5.74) is 3.74. The van der Waals surface area contributed by atoms with Gasteiger partial charge in [-0.1, -0.05) is 43.3 Å². The molecule has 0 aliphatic carbocycles. The van der Waals surface area contributed by atoms with Crippen LogP contribution in [0.3, 0.4) is 0 Å². The second kappa shape index (κ2) is 6.97. The SMILES string of the molecule is CC1CCCN(Cc2cc(C(=O)O)ccc2-c2ccccc2)C1. The molecule has 1 aliphatic heterocycles. The quantitative estimate of drug-likeness (QED) is 0.916. The lowest BCUT2D eigenvalue weighted by Gasteiger charge is -2.31. The lowest BCUT2D eigenvalue weighted by atomic mass is 9.95. The first-order valence-corrected chi connectivity index (χ1v) is 8.27. The monoisotopic (exact) mass is 309 g/mol. The van der Waals surface area contributed by atoms with E-state index in [0.29, 0.717) is 11.5 Å². The standard InChI is InChI=1S/C20H23NO2/c1-15-6-5-11-21(13-15)14-18-12-17(20(22)23)9-10-19(18)16-7-3-2-4-8-16/h2-4,7-10,12,15H,5-6,11,13-14H2,1H3,(H,22,23). The van der Waals surface area contributed by atoms with Gasteiger partial charge in [0.1, 0.15) is 0 Å². The number of nitrogens with zero attached hydrogens (tertiary/aromatic N) is 1. The lowest BCUT2D eigenvalue weighted by molar-refractivity contribution is 0.0696. The van der Waals surface area contributed by atoms with Crippen LogP contribution in [0.15, 0.2) is 48.5 Å². The molecule has 0 bridgehead atoms. The molecule has 3 heteroatoms. The van der Waals surface area contributed by atoms with E-state index in [1.54, 1.807) is 6.07 Å². The van der Waals surface area contributed by atoms with Crippen molar-refractivity contribution >= 4 is 5.97 Å². The second-order valence-corrected chi connectivity index (χ2v) is 6.53. The fourth-order valence-electron chi connectivity index (χ4n) is 3.43. The third-order valence-electron chi connectivity index (χ3n) is 4.57. The Morgan fingerprint density at radius 3 is 2.70 bits per heavy atom. The Morgan fingerprint density at radius 1 is 1.22 bits per heavy atom. The topological polar surface area (TPSA) is 40.5 Å². The summed E-state index contributed by atoms with van der Waals surface area (Å²) in [6.07, 6.45) is 2.51. The van der Waals surface area contributed by atoms with E-state index in [9.17, 15) is 9.90 Å². The van der Waals surface area contributed by atoms with Gasteiger partial charge in [0.25, 0.3) is 0 Å². The molecule has 1 atom stereocenters. The number of hydrogen-bond acceptors (Lipinski definition) is 2. The van der Waals surface area contributed by atoms with Crippen molar-refractivity contribution in [2.24, 2.45) is 5.92 Å². The predicted molar refractivity (Wildman–Crippen MR) is 92.5 cm³/mol. The number of likely N-dealkylation sites (tertiary alicyclic amines) is 1. The van der Waals surface area contributed by atoms with Crippen LogP contribution in [0.4, 0.5) is 0 Å². The fourth-order valence-corrected chi connectivity index (χ4v) is 3.43. The third-order valence-corrected chi connectivity index (χ3v) is 4.57. The van der Waals surface area contributed by atoms with E-state index in [0.717, 1.165) is 36.3 Å². The van der Waals surface area contributed by atoms with Crippen molar-refractivity contribution in [1.82, 2.24) is 4.90 Å². The molecule has 1 aliphatic rings. The normalized spacial score (nSPS) is 18.7. The van der Waals surface area contributed by atoms with Crippen LogP contribution in [0.5, 0.6) is 0 Å². The highest BCUT2D eigenvalue weighted by Gasteiger charge is 2.18. The molecule has 0 saturated carbocycles. The number of aromatic carboxylic acids is 1. The first-order chi connectivity index (χ1) is 11.1. The molecule has 1 saturated heterocycles. The zero-order valence-electron chi connectivity index (χ0n) is 13.5. The molecule has 0 aromatic heterocycles. The summed E-state index contributed by atoms with van der Waals surface area (Å²) in [6.45, 7) is 5.29. The van der Waals surface area contributed by atoms with E-state index in [-0.39, 0.29) is 0 Å². The summed E-state index contributed by atoms with van der Waals surface area (Å²) in [5, 5.41) is 9.31. The molecule has 120 valence electrons. The molecule has 2 aromatic carbocycles. The van der Waals surface area contributed by atoms with E-state index >= 15 is 0 Å². The smallest absolute Gasteiger partial charge is 0.335 e. The van der Waals surface area contributed by atoms with Crippen LogP contribution in [0.25, 0.3) is 11.1 Å². The van der Waals surface area contributed by atoms with Crippen LogP contribution in [0, 0.1) is 5.92 Å². The molecule has 23 heavy (non-hydrogen) atoms. The number of piperidine rings is 1. The number of hydrogen-bond donors (Lipinski definition) is 1. The summed E-state index contributed by atoms with van der Waals surface area (Å²) >= 11 is 0. The molecule has 1 N–H and O–H groups in total. The van der Waals surface area contributed by atoms with Crippen LogP contribution in [0.1, 0.15) is 35.7 Å². The number of benzene rings is 2. The highest BCUT2D eigenvalue weighted by Crippen LogP contribution is 2.27. The van der Waals surface area contributed by atoms with Gasteiger partial charge < -0.3 is 5.11 Å². The van der Waals surface area contributed by atoms with Crippen molar-refractivity contribution < 1.29 is 9.90 Å². The summed E-state index contributed by atoms with van der Waals surface area (Å²) in [5.74, 6) is -0.149. The van der Waals surface area contributed by atoms with Crippen LogP contribution < -0.4 is 0 Å². The predicted octanol–water partition coefficient (Wildman–Crippen LogP) is 4.28. The van der Waals surface area contributed by atoms with Crippen molar-refractivity contribution in [3.05, 3.63) is 59.7 Å². The Bertz CT molecular complexity index is 681. The van der Waals surface area contributed by atoms with E-state index in [4.69, 9.17) is 0 Å². The second-order valence-electron chi connectivity index (χ2n) is 6.53. The van der Waals surface area contributed by atoms with Gasteiger partial charge in [-0.15, -0.1) is 0 Å². The average molecular weight is 309 g/mol. The third kappa shape index (κ3) is 3.80. The van der Waals surface area contributed by atoms with Crippen molar-refractivity contribution in [1.29, 1.82) is 0 Å². The number of carbonyl (C=O) groups is 1. The fraction of sp³-hybridized carbons (Fsp3) is 0.350. The van der Waals surface area contributed by atoms with Gasteiger partial charge in [-0.3, -0.25) is 4.90 Å². The van der Waals surface area contributed by atoms with Crippen molar-refractivity contribution in [2.75, 3.05) is 13.1 Å². The Hall–Kier alpha value is -2.13. The molecule has 0 spiro atoms. The Balaban J connectivity index is 1.94. The minimum absolute atomic E-state index is 0.365. The van der Waals surface area contributed by atoms with Gasteiger partial charge in [0.05, 0.1) is 5.56 Å². The maximum absolute atomic E-state index is 11.3. The Morgan fingerprint density at radius 2 is 2.00 bits per heavy atom. The van der Waals surface area contributed by atoms with Gasteiger partial charge in [0.2, 0.25) is 0 Å². The maximum Gasteiger partial charge on any atom is 0.335 e. The largest absolute Gasteiger partial charge is 0.478 e. The first kappa shape index (κ1) is 15.8. The minimum atomic E-state index is -0.863.